The standard InChI is InChI=1S/C9H11N5O3/c1-3-4-6(7(15)16)12-9(17)13-8-10-5-11-14(8)2/h1,5-6H,4H2,2H3,(H,15,16)(H2,10,11,12,13,17). The number of aryl methyl sites for hydroxylation is 1. The van der Waals surface area contributed by atoms with Gasteiger partial charge in [0, 0.05) is 13.5 Å². The van der Waals surface area contributed by atoms with Gasteiger partial charge in [-0.15, -0.1) is 12.3 Å². The highest BCUT2D eigenvalue weighted by Crippen LogP contribution is 1.98. The number of carboxylic acid groups (broad SMARTS) is 1. The van der Waals surface area contributed by atoms with Gasteiger partial charge < -0.3 is 10.4 Å². The zero-order valence-electron chi connectivity index (χ0n) is 9.04. The maximum Gasteiger partial charge on any atom is 0.327 e. The Morgan fingerprint density at radius 1 is 1.71 bits per heavy atom. The van der Waals surface area contributed by atoms with Crippen molar-refractivity contribution in [2.45, 2.75) is 12.5 Å². The van der Waals surface area contributed by atoms with Crippen molar-refractivity contribution in [3.05, 3.63) is 6.33 Å². The molecule has 0 radical (unpaired) electrons. The molecule has 1 unspecified atom stereocenters. The van der Waals surface area contributed by atoms with E-state index >= 15 is 0 Å². The summed E-state index contributed by atoms with van der Waals surface area (Å²) in [7, 11) is 1.58. The minimum atomic E-state index is -1.20. The number of amides is 2. The first-order chi connectivity index (χ1) is 8.04. The molecule has 0 aliphatic carbocycles. The van der Waals surface area contributed by atoms with Crippen molar-refractivity contribution >= 4 is 17.9 Å². The second-order valence-corrected chi connectivity index (χ2v) is 3.10. The number of aromatic nitrogens is 3. The number of hydrogen-bond donors (Lipinski definition) is 3. The molecule has 8 heteroatoms. The van der Waals surface area contributed by atoms with Crippen molar-refractivity contribution in [2.75, 3.05) is 5.32 Å². The van der Waals surface area contributed by atoms with Crippen LogP contribution in [-0.2, 0) is 11.8 Å². The Morgan fingerprint density at radius 3 is 2.88 bits per heavy atom. The van der Waals surface area contributed by atoms with Gasteiger partial charge in [-0.1, -0.05) is 0 Å². The number of hydrogen-bond acceptors (Lipinski definition) is 4. The van der Waals surface area contributed by atoms with E-state index in [0.717, 1.165) is 0 Å². The van der Waals surface area contributed by atoms with Gasteiger partial charge in [-0.25, -0.2) is 14.3 Å². The molecule has 1 atom stereocenters. The third kappa shape index (κ3) is 3.49. The second-order valence-electron chi connectivity index (χ2n) is 3.10. The highest BCUT2D eigenvalue weighted by Gasteiger charge is 2.19. The van der Waals surface area contributed by atoms with Crippen molar-refractivity contribution in [1.82, 2.24) is 20.1 Å². The molecule has 3 N–H and O–H groups in total. The molecule has 1 aromatic rings. The fourth-order valence-corrected chi connectivity index (χ4v) is 1.02. The van der Waals surface area contributed by atoms with Crippen LogP contribution in [-0.4, -0.2) is 37.9 Å². The minimum Gasteiger partial charge on any atom is -0.480 e. The number of terminal acetylenes is 1. The van der Waals surface area contributed by atoms with E-state index in [9.17, 15) is 9.59 Å². The summed E-state index contributed by atoms with van der Waals surface area (Å²) in [5, 5.41) is 17.0. The molecule has 0 aliphatic rings. The van der Waals surface area contributed by atoms with Crippen molar-refractivity contribution < 1.29 is 14.7 Å². The Bertz CT molecular complexity index is 461. The molecular weight excluding hydrogens is 226 g/mol. The van der Waals surface area contributed by atoms with E-state index in [1.807, 2.05) is 0 Å². The second kappa shape index (κ2) is 5.50. The van der Waals surface area contributed by atoms with Crippen LogP contribution in [0.2, 0.25) is 0 Å². The van der Waals surface area contributed by atoms with E-state index in [1.54, 1.807) is 7.05 Å². The van der Waals surface area contributed by atoms with Crippen LogP contribution < -0.4 is 10.6 Å². The number of carboxylic acids is 1. The zero-order valence-corrected chi connectivity index (χ0v) is 9.04. The first-order valence-corrected chi connectivity index (χ1v) is 4.62. The maximum atomic E-state index is 11.4. The van der Waals surface area contributed by atoms with Gasteiger partial charge in [0.15, 0.2) is 0 Å². The smallest absolute Gasteiger partial charge is 0.327 e. The van der Waals surface area contributed by atoms with E-state index in [0.29, 0.717) is 0 Å². The van der Waals surface area contributed by atoms with Crippen molar-refractivity contribution in [3.8, 4) is 12.3 Å². The van der Waals surface area contributed by atoms with Crippen LogP contribution in [0.5, 0.6) is 0 Å². The number of aliphatic carboxylic acids is 1. The molecule has 1 aromatic heterocycles. The Balaban J connectivity index is 2.57. The number of carbonyl (C=O) groups is 2. The van der Waals surface area contributed by atoms with Gasteiger partial charge in [0.25, 0.3) is 0 Å². The summed E-state index contributed by atoms with van der Waals surface area (Å²) >= 11 is 0. The third-order valence-corrected chi connectivity index (χ3v) is 1.86. The predicted molar refractivity (Wildman–Crippen MR) is 58.0 cm³/mol. The first kappa shape index (κ1) is 12.5. The summed E-state index contributed by atoms with van der Waals surface area (Å²) in [5.41, 5.74) is 0. The lowest BCUT2D eigenvalue weighted by atomic mass is 10.2. The topological polar surface area (TPSA) is 109 Å². The van der Waals surface area contributed by atoms with Gasteiger partial charge in [-0.2, -0.15) is 10.1 Å². The number of carbonyl (C=O) groups excluding carboxylic acids is 1. The quantitative estimate of drug-likeness (QED) is 0.606. The lowest BCUT2D eigenvalue weighted by Gasteiger charge is -2.11. The Hall–Kier alpha value is -2.56. The van der Waals surface area contributed by atoms with Gasteiger partial charge in [0.2, 0.25) is 5.95 Å². The highest BCUT2D eigenvalue weighted by atomic mass is 16.4. The summed E-state index contributed by atoms with van der Waals surface area (Å²) in [4.78, 5) is 25.9. The van der Waals surface area contributed by atoms with Crippen LogP contribution in [0.25, 0.3) is 0 Å². The number of urea groups is 1. The number of rotatable bonds is 4. The number of nitrogens with one attached hydrogen (secondary N) is 2. The van der Waals surface area contributed by atoms with Gasteiger partial charge >= 0.3 is 12.0 Å². The largest absolute Gasteiger partial charge is 0.480 e. The molecule has 1 rings (SSSR count). The van der Waals surface area contributed by atoms with E-state index in [1.165, 1.54) is 11.0 Å². The molecule has 0 aromatic carbocycles. The monoisotopic (exact) mass is 237 g/mol. The van der Waals surface area contributed by atoms with Crippen LogP contribution in [0.4, 0.5) is 10.7 Å². The molecule has 1 heterocycles. The number of anilines is 1. The van der Waals surface area contributed by atoms with Crippen LogP contribution in [0.1, 0.15) is 6.42 Å². The zero-order chi connectivity index (χ0) is 12.8. The van der Waals surface area contributed by atoms with Gasteiger partial charge in [-0.05, 0) is 0 Å². The van der Waals surface area contributed by atoms with E-state index in [-0.39, 0.29) is 12.4 Å². The van der Waals surface area contributed by atoms with E-state index in [4.69, 9.17) is 11.5 Å². The number of nitrogens with zero attached hydrogens (tertiary/aromatic N) is 3. The average molecular weight is 237 g/mol. The van der Waals surface area contributed by atoms with Crippen LogP contribution in [0, 0.1) is 12.3 Å². The molecule has 2 amide bonds. The van der Waals surface area contributed by atoms with Crippen LogP contribution >= 0.6 is 0 Å². The fraction of sp³-hybridized carbons (Fsp3) is 0.333. The molecule has 0 saturated carbocycles. The summed E-state index contributed by atoms with van der Waals surface area (Å²) in [6, 6.07) is -1.84. The average Bonchev–Trinajstić information content (AvgIpc) is 2.63. The van der Waals surface area contributed by atoms with Crippen molar-refractivity contribution in [2.24, 2.45) is 7.05 Å². The first-order valence-electron chi connectivity index (χ1n) is 4.62. The third-order valence-electron chi connectivity index (χ3n) is 1.86. The SMILES string of the molecule is C#CCC(NC(=O)Nc1ncnn1C)C(=O)O. The molecule has 8 nitrogen and oxygen atoms in total. The predicted octanol–water partition coefficient (Wildman–Crippen LogP) is -0.587. The van der Waals surface area contributed by atoms with Gasteiger partial charge in [0.1, 0.15) is 12.4 Å². The summed E-state index contributed by atoms with van der Waals surface area (Å²) < 4.78 is 1.33. The molecule has 0 fully saturated rings. The Morgan fingerprint density at radius 2 is 2.41 bits per heavy atom. The lowest BCUT2D eigenvalue weighted by molar-refractivity contribution is -0.139. The Labute approximate surface area is 97.0 Å². The van der Waals surface area contributed by atoms with E-state index in [2.05, 4.69) is 26.6 Å². The fourth-order valence-electron chi connectivity index (χ4n) is 1.02. The maximum absolute atomic E-state index is 11.4. The summed E-state index contributed by atoms with van der Waals surface area (Å²) in [5.74, 6) is 1.17. The van der Waals surface area contributed by atoms with Crippen molar-refractivity contribution in [3.63, 3.8) is 0 Å². The van der Waals surface area contributed by atoms with Gasteiger partial charge in [-0.3, -0.25) is 5.32 Å². The summed E-state index contributed by atoms with van der Waals surface area (Å²) in [6.45, 7) is 0. The normalized spacial score (nSPS) is 11.3. The van der Waals surface area contributed by atoms with Crippen LogP contribution in [0.15, 0.2) is 6.33 Å². The minimum absolute atomic E-state index is 0.0957. The molecule has 0 bridgehead atoms. The molecule has 90 valence electrons. The molecule has 0 saturated heterocycles. The van der Waals surface area contributed by atoms with Crippen molar-refractivity contribution in [1.29, 1.82) is 0 Å². The Kier molecular flexibility index (Phi) is 4.05. The molecule has 17 heavy (non-hydrogen) atoms. The van der Waals surface area contributed by atoms with E-state index < -0.39 is 18.0 Å². The summed E-state index contributed by atoms with van der Waals surface area (Å²) in [6.07, 6.45) is 6.15. The molecular formula is C9H11N5O3. The van der Waals surface area contributed by atoms with Gasteiger partial charge in [0.05, 0.1) is 0 Å². The van der Waals surface area contributed by atoms with Crippen LogP contribution in [0.3, 0.4) is 0 Å². The highest BCUT2D eigenvalue weighted by molar-refractivity contribution is 5.90. The lowest BCUT2D eigenvalue weighted by Crippen LogP contribution is -2.43. The molecule has 0 aliphatic heterocycles. The molecule has 0 spiro atoms.